The summed E-state index contributed by atoms with van der Waals surface area (Å²) in [6.45, 7) is 4.73. The molecule has 2 N–H and O–H groups in total. The minimum atomic E-state index is -0.896. The molecule has 3 heterocycles. The Morgan fingerprint density at radius 3 is 2.77 bits per heavy atom. The summed E-state index contributed by atoms with van der Waals surface area (Å²) >= 11 is 0. The molecule has 8 heteroatoms. The van der Waals surface area contributed by atoms with E-state index in [0.717, 1.165) is 24.8 Å². The van der Waals surface area contributed by atoms with Gasteiger partial charge in [-0.15, -0.1) is 0 Å². The average Bonchev–Trinajstić information content (AvgIpc) is 2.95. The lowest BCUT2D eigenvalue weighted by atomic mass is 9.87. The molecule has 7 nitrogen and oxygen atoms in total. The molecule has 1 aromatic heterocycles. The molecule has 4 rings (SSSR count). The summed E-state index contributed by atoms with van der Waals surface area (Å²) in [7, 11) is 0. The van der Waals surface area contributed by atoms with Crippen molar-refractivity contribution in [2.75, 3.05) is 13.1 Å². The zero-order valence-electron chi connectivity index (χ0n) is 17.7. The van der Waals surface area contributed by atoms with Gasteiger partial charge in [-0.1, -0.05) is 19.1 Å². The third-order valence-electron chi connectivity index (χ3n) is 6.54. The Labute approximate surface area is 179 Å². The number of carbonyl (C=O) groups is 2. The number of pyridine rings is 1. The van der Waals surface area contributed by atoms with Gasteiger partial charge in [-0.25, -0.2) is 4.39 Å². The van der Waals surface area contributed by atoms with Crippen LogP contribution < -0.4 is 10.7 Å². The molecule has 1 atom stereocenters. The molecule has 31 heavy (non-hydrogen) atoms. The van der Waals surface area contributed by atoms with Crippen molar-refractivity contribution in [2.24, 2.45) is 0 Å². The quantitative estimate of drug-likeness (QED) is 0.785. The lowest BCUT2D eigenvalue weighted by Crippen LogP contribution is -2.53. The smallest absolute Gasteiger partial charge is 0.274 e. The summed E-state index contributed by atoms with van der Waals surface area (Å²) in [6.07, 6.45) is 4.60. The van der Waals surface area contributed by atoms with Gasteiger partial charge in [0.05, 0.1) is 5.54 Å². The summed E-state index contributed by atoms with van der Waals surface area (Å²) in [5, 5.41) is 13.2. The minimum Gasteiger partial charge on any atom is -0.503 e. The van der Waals surface area contributed by atoms with E-state index in [1.165, 1.54) is 12.3 Å². The fourth-order valence-corrected chi connectivity index (χ4v) is 4.66. The first-order valence-corrected chi connectivity index (χ1v) is 10.6. The summed E-state index contributed by atoms with van der Waals surface area (Å²) in [6, 6.07) is 4.68. The van der Waals surface area contributed by atoms with Crippen molar-refractivity contribution >= 4 is 11.8 Å². The van der Waals surface area contributed by atoms with Crippen LogP contribution in [0, 0.1) is 12.7 Å². The van der Waals surface area contributed by atoms with Gasteiger partial charge in [0.2, 0.25) is 5.43 Å². The average molecular weight is 427 g/mol. The SMILES string of the molecule is CCC12CCCCN(C1)C(=O)c1c(O)c(=O)c(C(=O)NCc3ccc(C)cc3F)cn12. The molecule has 164 valence electrons. The Morgan fingerprint density at radius 1 is 1.29 bits per heavy atom. The van der Waals surface area contributed by atoms with Crippen molar-refractivity contribution < 1.29 is 19.1 Å². The number of hydrogen-bond acceptors (Lipinski definition) is 4. The highest BCUT2D eigenvalue weighted by Gasteiger charge is 2.44. The number of rotatable bonds is 4. The van der Waals surface area contributed by atoms with E-state index >= 15 is 0 Å². The van der Waals surface area contributed by atoms with Crippen LogP contribution in [0.1, 0.15) is 64.6 Å². The third-order valence-corrected chi connectivity index (χ3v) is 6.54. The molecule has 2 aliphatic heterocycles. The molecule has 0 saturated carbocycles. The highest BCUT2D eigenvalue weighted by Crippen LogP contribution is 2.38. The van der Waals surface area contributed by atoms with Crippen LogP contribution in [0.5, 0.6) is 5.75 Å². The molecular weight excluding hydrogens is 401 g/mol. The van der Waals surface area contributed by atoms with Gasteiger partial charge >= 0.3 is 0 Å². The second-order valence-corrected chi connectivity index (χ2v) is 8.48. The lowest BCUT2D eigenvalue weighted by molar-refractivity contribution is 0.0559. The highest BCUT2D eigenvalue weighted by molar-refractivity contribution is 5.99. The van der Waals surface area contributed by atoms with Crippen molar-refractivity contribution in [3.05, 3.63) is 62.8 Å². The number of aryl methyl sites for hydroxylation is 1. The van der Waals surface area contributed by atoms with Gasteiger partial charge in [-0.2, -0.15) is 0 Å². The number of aromatic hydroxyl groups is 1. The fourth-order valence-electron chi connectivity index (χ4n) is 4.66. The highest BCUT2D eigenvalue weighted by atomic mass is 19.1. The third kappa shape index (κ3) is 3.49. The number of fused-ring (bicyclic) bond motifs is 4. The molecule has 2 amide bonds. The predicted octanol–water partition coefficient (Wildman–Crippen LogP) is 2.68. The zero-order chi connectivity index (χ0) is 22.3. The number of amides is 2. The van der Waals surface area contributed by atoms with Crippen LogP contribution in [-0.2, 0) is 12.1 Å². The Balaban J connectivity index is 1.73. The fraction of sp³-hybridized carbons (Fsp3) is 0.435. The van der Waals surface area contributed by atoms with Crippen LogP contribution in [0.3, 0.4) is 0 Å². The first-order chi connectivity index (χ1) is 14.8. The number of aromatic nitrogens is 1. The Kier molecular flexibility index (Phi) is 5.33. The minimum absolute atomic E-state index is 0.0545. The van der Waals surface area contributed by atoms with Crippen LogP contribution in [-0.4, -0.2) is 39.5 Å². The second-order valence-electron chi connectivity index (χ2n) is 8.48. The van der Waals surface area contributed by atoms with Gasteiger partial charge in [0.15, 0.2) is 11.4 Å². The maximum absolute atomic E-state index is 14.1. The largest absolute Gasteiger partial charge is 0.503 e. The predicted molar refractivity (Wildman–Crippen MR) is 113 cm³/mol. The van der Waals surface area contributed by atoms with Crippen LogP contribution in [0.25, 0.3) is 0 Å². The van der Waals surface area contributed by atoms with Gasteiger partial charge in [0.1, 0.15) is 11.4 Å². The Morgan fingerprint density at radius 2 is 2.06 bits per heavy atom. The molecule has 1 saturated heterocycles. The second kappa shape index (κ2) is 7.83. The van der Waals surface area contributed by atoms with Crippen LogP contribution >= 0.6 is 0 Å². The van der Waals surface area contributed by atoms with Gasteiger partial charge in [-0.3, -0.25) is 14.4 Å². The molecule has 0 aliphatic carbocycles. The van der Waals surface area contributed by atoms with E-state index in [4.69, 9.17) is 0 Å². The number of nitrogens with zero attached hydrogens (tertiary/aromatic N) is 2. The topological polar surface area (TPSA) is 91.6 Å². The zero-order valence-corrected chi connectivity index (χ0v) is 17.7. The number of carbonyl (C=O) groups excluding carboxylic acids is 2. The Bertz CT molecular complexity index is 1130. The van der Waals surface area contributed by atoms with Crippen molar-refractivity contribution in [2.45, 2.75) is 51.6 Å². The van der Waals surface area contributed by atoms with Crippen LogP contribution in [0.4, 0.5) is 4.39 Å². The van der Waals surface area contributed by atoms with E-state index in [2.05, 4.69) is 5.32 Å². The van der Waals surface area contributed by atoms with Crippen LogP contribution in [0.15, 0.2) is 29.2 Å². The standard InChI is InChI=1S/C23H26FN3O4/c1-3-23-8-4-5-9-26(13-23)22(31)18-20(29)19(28)16(12-27(18)23)21(30)25-11-15-7-6-14(2)10-17(15)24/h6-7,10,12,29H,3-5,8-9,11,13H2,1-2H3,(H,25,30). The van der Waals surface area contributed by atoms with E-state index in [1.807, 2.05) is 6.92 Å². The molecular formula is C23H26FN3O4. The first-order valence-electron chi connectivity index (χ1n) is 10.6. The van der Waals surface area contributed by atoms with Gasteiger partial charge < -0.3 is 19.9 Å². The monoisotopic (exact) mass is 427 g/mol. The van der Waals surface area contributed by atoms with Crippen molar-refractivity contribution in [3.63, 3.8) is 0 Å². The number of benzene rings is 1. The van der Waals surface area contributed by atoms with E-state index in [0.29, 0.717) is 25.1 Å². The molecule has 1 unspecified atom stereocenters. The van der Waals surface area contributed by atoms with E-state index in [-0.39, 0.29) is 17.8 Å². The van der Waals surface area contributed by atoms with E-state index in [9.17, 15) is 23.9 Å². The van der Waals surface area contributed by atoms with E-state index in [1.54, 1.807) is 28.5 Å². The van der Waals surface area contributed by atoms with Gasteiger partial charge in [0.25, 0.3) is 11.8 Å². The number of nitrogens with one attached hydrogen (secondary N) is 1. The summed E-state index contributed by atoms with van der Waals surface area (Å²) in [4.78, 5) is 40.2. The number of hydrogen-bond donors (Lipinski definition) is 2. The maximum atomic E-state index is 14.1. The molecule has 1 aromatic carbocycles. The molecule has 0 spiro atoms. The molecule has 2 aromatic rings. The maximum Gasteiger partial charge on any atom is 0.274 e. The van der Waals surface area contributed by atoms with Crippen LogP contribution in [0.2, 0.25) is 0 Å². The molecule has 0 radical (unpaired) electrons. The lowest BCUT2D eigenvalue weighted by Gasteiger charge is -2.44. The van der Waals surface area contributed by atoms with E-state index < -0.39 is 34.3 Å². The summed E-state index contributed by atoms with van der Waals surface area (Å²) < 4.78 is 15.7. The van der Waals surface area contributed by atoms with Crippen molar-refractivity contribution in [1.29, 1.82) is 0 Å². The van der Waals surface area contributed by atoms with Gasteiger partial charge in [0, 0.05) is 31.4 Å². The van der Waals surface area contributed by atoms with Gasteiger partial charge in [-0.05, 0) is 44.2 Å². The summed E-state index contributed by atoms with van der Waals surface area (Å²) in [5.41, 5.74) is -0.637. The summed E-state index contributed by atoms with van der Waals surface area (Å²) in [5.74, 6) is -2.26. The van der Waals surface area contributed by atoms with Crippen molar-refractivity contribution in [3.8, 4) is 5.75 Å². The normalized spacial score (nSPS) is 20.2. The molecule has 2 aliphatic rings. The molecule has 1 fully saturated rings. The molecule has 2 bridgehead atoms. The Hall–Kier alpha value is -3.16. The first kappa shape index (κ1) is 21.1. The number of halogens is 1. The van der Waals surface area contributed by atoms with Crippen molar-refractivity contribution in [1.82, 2.24) is 14.8 Å².